The van der Waals surface area contributed by atoms with Gasteiger partial charge in [0.1, 0.15) is 18.1 Å². The highest BCUT2D eigenvalue weighted by molar-refractivity contribution is 5.68. The van der Waals surface area contributed by atoms with E-state index in [0.29, 0.717) is 4.57 Å². The molecule has 2 heterocycles. The van der Waals surface area contributed by atoms with Crippen LogP contribution in [0, 0.1) is 10.1 Å². The van der Waals surface area contributed by atoms with Crippen molar-refractivity contribution in [3.8, 4) is 11.3 Å². The second kappa shape index (κ2) is 9.84. The fourth-order valence-electron chi connectivity index (χ4n) is 3.62. The van der Waals surface area contributed by atoms with Gasteiger partial charge in [-0.25, -0.2) is 9.36 Å². The molecule has 0 saturated heterocycles. The molecule has 0 aliphatic carbocycles. The van der Waals surface area contributed by atoms with Gasteiger partial charge in [0.15, 0.2) is 0 Å². The molecule has 0 aliphatic heterocycles. The van der Waals surface area contributed by atoms with Crippen molar-refractivity contribution in [1.29, 1.82) is 0 Å². The summed E-state index contributed by atoms with van der Waals surface area (Å²) in [5, 5.41) is 16.0. The second-order valence-electron chi connectivity index (χ2n) is 7.53. The molecule has 0 fully saturated rings. The van der Waals surface area contributed by atoms with Gasteiger partial charge in [-0.05, 0) is 25.5 Å². The lowest BCUT2D eigenvalue weighted by Gasteiger charge is -2.21. The summed E-state index contributed by atoms with van der Waals surface area (Å²) in [7, 11) is 2.49. The monoisotopic (exact) mass is 497 g/mol. The van der Waals surface area contributed by atoms with Crippen LogP contribution in [0.25, 0.3) is 11.3 Å². The van der Waals surface area contributed by atoms with Crippen molar-refractivity contribution in [3.05, 3.63) is 78.7 Å². The zero-order chi connectivity index (χ0) is 26.1. The van der Waals surface area contributed by atoms with Crippen molar-refractivity contribution in [3.63, 3.8) is 0 Å². The van der Waals surface area contributed by atoms with Gasteiger partial charge in [0.2, 0.25) is 0 Å². The van der Waals surface area contributed by atoms with E-state index < -0.39 is 51.7 Å². The molecule has 2 aromatic heterocycles. The van der Waals surface area contributed by atoms with E-state index in [0.717, 1.165) is 21.5 Å². The third kappa shape index (κ3) is 4.88. The molecule has 2 unspecified atom stereocenters. The number of halogens is 3. The normalized spacial score (nSPS) is 13.6. The van der Waals surface area contributed by atoms with E-state index in [9.17, 15) is 32.9 Å². The smallest absolute Gasteiger partial charge is 0.361 e. The molecule has 3 aromatic rings. The summed E-state index contributed by atoms with van der Waals surface area (Å²) in [6.07, 6.45) is -4.43. The molecule has 0 amide bonds. The molecule has 0 spiro atoms. The summed E-state index contributed by atoms with van der Waals surface area (Å²) in [5.41, 5.74) is -4.45. The Kier molecular flexibility index (Phi) is 7.26. The average molecular weight is 497 g/mol. The molecule has 188 valence electrons. The van der Waals surface area contributed by atoms with Crippen LogP contribution >= 0.6 is 0 Å². The number of nitro groups is 1. The Labute approximate surface area is 196 Å². The molecule has 1 aromatic carbocycles. The summed E-state index contributed by atoms with van der Waals surface area (Å²) in [6.45, 7) is 2.49. The molecular formula is C21H22F3N5O6. The van der Waals surface area contributed by atoms with E-state index in [-0.39, 0.29) is 17.7 Å². The molecule has 0 saturated carbocycles. The highest BCUT2D eigenvalue weighted by atomic mass is 19.4. The van der Waals surface area contributed by atoms with Crippen LogP contribution in [-0.4, -0.2) is 38.1 Å². The molecule has 14 heteroatoms. The fraction of sp³-hybridized carbons (Fsp3) is 0.381. The lowest BCUT2D eigenvalue weighted by atomic mass is 10.1. The topological polar surface area (TPSA) is 123 Å². The lowest BCUT2D eigenvalue weighted by molar-refractivity contribution is -0.386. The zero-order valence-corrected chi connectivity index (χ0v) is 19.1. The van der Waals surface area contributed by atoms with Gasteiger partial charge in [-0.3, -0.25) is 24.2 Å². The fourth-order valence-corrected chi connectivity index (χ4v) is 3.62. The maximum Gasteiger partial charge on any atom is 0.416 e. The average Bonchev–Trinajstić information content (AvgIpc) is 3.25. The number of hydrogen-bond acceptors (Lipinski definition) is 7. The predicted octanol–water partition coefficient (Wildman–Crippen LogP) is 3.18. The summed E-state index contributed by atoms with van der Waals surface area (Å²) >= 11 is 0. The van der Waals surface area contributed by atoms with Crippen molar-refractivity contribution in [1.82, 2.24) is 18.9 Å². The standard InChI is InChI=1S/C21H22F3N5O6/c1-12(34-3)27-17(18(29(32)33)19(30)28(20(27)31)13(2)35-4)15-9-25-26(11-15)10-14-7-5-6-8-16(14)21(22,23)24/h5-9,11-13H,10H2,1-4H3. The number of rotatable bonds is 8. The quantitative estimate of drug-likeness (QED) is 0.346. The van der Waals surface area contributed by atoms with Gasteiger partial charge in [-0.2, -0.15) is 18.3 Å². The summed E-state index contributed by atoms with van der Waals surface area (Å²) in [4.78, 5) is 37.2. The van der Waals surface area contributed by atoms with Gasteiger partial charge < -0.3 is 9.47 Å². The summed E-state index contributed by atoms with van der Waals surface area (Å²) in [6, 6.07) is 4.90. The Morgan fingerprint density at radius 2 is 1.69 bits per heavy atom. The largest absolute Gasteiger partial charge is 0.416 e. The van der Waals surface area contributed by atoms with Gasteiger partial charge in [-0.1, -0.05) is 18.2 Å². The van der Waals surface area contributed by atoms with Crippen LogP contribution in [0.4, 0.5) is 18.9 Å². The molecule has 0 bridgehead atoms. The first-order valence-corrected chi connectivity index (χ1v) is 10.2. The van der Waals surface area contributed by atoms with E-state index in [1.807, 2.05) is 0 Å². The van der Waals surface area contributed by atoms with Crippen molar-refractivity contribution >= 4 is 5.69 Å². The Hall–Kier alpha value is -3.78. The predicted molar refractivity (Wildman–Crippen MR) is 117 cm³/mol. The molecule has 11 nitrogen and oxygen atoms in total. The first kappa shape index (κ1) is 25.8. The molecule has 3 rings (SSSR count). The minimum absolute atomic E-state index is 0.0310. The zero-order valence-electron chi connectivity index (χ0n) is 19.1. The van der Waals surface area contributed by atoms with Crippen LogP contribution in [0.15, 0.2) is 46.2 Å². The first-order chi connectivity index (χ1) is 16.4. The van der Waals surface area contributed by atoms with Crippen LogP contribution in [0.3, 0.4) is 0 Å². The first-order valence-electron chi connectivity index (χ1n) is 10.2. The van der Waals surface area contributed by atoms with E-state index in [2.05, 4.69) is 5.10 Å². The van der Waals surface area contributed by atoms with Crippen LogP contribution in [0.5, 0.6) is 0 Å². The SMILES string of the molecule is COC(C)n1c(-c2cnn(Cc3ccccc3C(F)(F)F)c2)c([N+](=O)[O-])c(=O)n(C(C)OC)c1=O. The van der Waals surface area contributed by atoms with E-state index in [4.69, 9.17) is 9.47 Å². The molecular weight excluding hydrogens is 475 g/mol. The molecule has 0 radical (unpaired) electrons. The van der Waals surface area contributed by atoms with Gasteiger partial charge in [0.05, 0.1) is 23.2 Å². The Balaban J connectivity index is 2.25. The minimum Gasteiger partial charge on any atom is -0.361 e. The number of hydrogen-bond donors (Lipinski definition) is 0. The van der Waals surface area contributed by atoms with Crippen molar-refractivity contribution < 1.29 is 27.6 Å². The number of methoxy groups -OCH3 is 2. The highest BCUT2D eigenvalue weighted by Gasteiger charge is 2.34. The Morgan fingerprint density at radius 3 is 2.26 bits per heavy atom. The Bertz CT molecular complexity index is 1360. The van der Waals surface area contributed by atoms with Gasteiger partial charge in [-0.15, -0.1) is 0 Å². The number of alkyl halides is 3. The van der Waals surface area contributed by atoms with Gasteiger partial charge >= 0.3 is 23.1 Å². The maximum absolute atomic E-state index is 13.4. The molecule has 35 heavy (non-hydrogen) atoms. The third-order valence-corrected chi connectivity index (χ3v) is 5.45. The van der Waals surface area contributed by atoms with Gasteiger partial charge in [0.25, 0.3) is 0 Å². The van der Waals surface area contributed by atoms with Crippen molar-refractivity contribution in [2.24, 2.45) is 0 Å². The minimum atomic E-state index is -4.59. The third-order valence-electron chi connectivity index (χ3n) is 5.45. The summed E-state index contributed by atoms with van der Waals surface area (Å²) < 4.78 is 52.9. The van der Waals surface area contributed by atoms with Crippen LogP contribution in [-0.2, 0) is 22.2 Å². The number of benzene rings is 1. The Morgan fingerprint density at radius 1 is 1.09 bits per heavy atom. The maximum atomic E-state index is 13.4. The molecule has 2 atom stereocenters. The van der Waals surface area contributed by atoms with Crippen LogP contribution in [0.1, 0.15) is 37.4 Å². The van der Waals surface area contributed by atoms with E-state index in [1.165, 1.54) is 52.5 Å². The number of ether oxygens (including phenoxy) is 2. The van der Waals surface area contributed by atoms with Crippen LogP contribution in [0.2, 0.25) is 0 Å². The number of nitrogens with zero attached hydrogens (tertiary/aromatic N) is 5. The molecule has 0 N–H and O–H groups in total. The second-order valence-corrected chi connectivity index (χ2v) is 7.53. The lowest BCUT2D eigenvalue weighted by Crippen LogP contribution is -2.44. The van der Waals surface area contributed by atoms with E-state index in [1.54, 1.807) is 0 Å². The van der Waals surface area contributed by atoms with Crippen molar-refractivity contribution in [2.75, 3.05) is 14.2 Å². The van der Waals surface area contributed by atoms with E-state index >= 15 is 0 Å². The highest BCUT2D eigenvalue weighted by Crippen LogP contribution is 2.33. The van der Waals surface area contributed by atoms with Gasteiger partial charge in [0, 0.05) is 26.0 Å². The summed E-state index contributed by atoms with van der Waals surface area (Å²) in [5.74, 6) is 0. The number of aromatic nitrogens is 4. The molecule has 0 aliphatic rings. The van der Waals surface area contributed by atoms with Crippen molar-refractivity contribution in [2.45, 2.75) is 39.0 Å². The van der Waals surface area contributed by atoms with Crippen LogP contribution < -0.4 is 11.2 Å².